The number of aryl methyl sites for hydroxylation is 2. The van der Waals surface area contributed by atoms with Crippen molar-refractivity contribution in [2.75, 3.05) is 0 Å². The van der Waals surface area contributed by atoms with Gasteiger partial charge in [-0.15, -0.1) is 0 Å². The maximum atomic E-state index is 11.3. The molecule has 0 saturated heterocycles. The zero-order valence-electron chi connectivity index (χ0n) is 9.48. The fourth-order valence-electron chi connectivity index (χ4n) is 1.83. The molecule has 0 spiro atoms. The highest BCUT2D eigenvalue weighted by Crippen LogP contribution is 2.14. The first-order valence-corrected chi connectivity index (χ1v) is 5.09. The Kier molecular flexibility index (Phi) is 2.14. The van der Waals surface area contributed by atoms with Gasteiger partial charge < -0.3 is 0 Å². The molecular formula is C11H15N3O. The van der Waals surface area contributed by atoms with Crippen LogP contribution in [0, 0.1) is 13.8 Å². The molecule has 2 heterocycles. The molecule has 0 aliphatic heterocycles. The average Bonchev–Trinajstić information content (AvgIpc) is 2.44. The van der Waals surface area contributed by atoms with Gasteiger partial charge in [0.15, 0.2) is 5.65 Å². The molecule has 2 rings (SSSR count). The van der Waals surface area contributed by atoms with E-state index in [0.29, 0.717) is 6.04 Å². The van der Waals surface area contributed by atoms with E-state index in [4.69, 9.17) is 0 Å². The van der Waals surface area contributed by atoms with Crippen LogP contribution in [0.4, 0.5) is 0 Å². The predicted octanol–water partition coefficient (Wildman–Crippen LogP) is 1.69. The van der Waals surface area contributed by atoms with Gasteiger partial charge in [-0.2, -0.15) is 4.98 Å². The molecule has 4 nitrogen and oxygen atoms in total. The van der Waals surface area contributed by atoms with Gasteiger partial charge in [0.2, 0.25) is 0 Å². The Hall–Kier alpha value is -1.58. The smallest absolute Gasteiger partial charge is 0.273 e. The maximum absolute atomic E-state index is 11.3. The van der Waals surface area contributed by atoms with Crippen molar-refractivity contribution in [3.8, 4) is 0 Å². The number of hydrogen-bond donors (Lipinski definition) is 0. The Morgan fingerprint density at radius 2 is 2.00 bits per heavy atom. The van der Waals surface area contributed by atoms with Gasteiger partial charge in [-0.1, -0.05) is 0 Å². The van der Waals surface area contributed by atoms with E-state index in [1.807, 2.05) is 24.6 Å². The summed E-state index contributed by atoms with van der Waals surface area (Å²) >= 11 is 0. The topological polar surface area (TPSA) is 39.3 Å². The van der Waals surface area contributed by atoms with Crippen molar-refractivity contribution in [3.05, 3.63) is 33.9 Å². The highest BCUT2D eigenvalue weighted by atomic mass is 16.1. The zero-order valence-corrected chi connectivity index (χ0v) is 9.48. The predicted molar refractivity (Wildman–Crippen MR) is 59.3 cm³/mol. The van der Waals surface area contributed by atoms with Crippen molar-refractivity contribution in [1.29, 1.82) is 0 Å². The van der Waals surface area contributed by atoms with Crippen molar-refractivity contribution in [1.82, 2.24) is 14.2 Å². The molecule has 4 heteroatoms. The molecule has 0 aromatic carbocycles. The summed E-state index contributed by atoms with van der Waals surface area (Å²) in [7, 11) is 0. The van der Waals surface area contributed by atoms with Gasteiger partial charge in [0.05, 0.1) is 0 Å². The van der Waals surface area contributed by atoms with Gasteiger partial charge in [0, 0.05) is 29.6 Å². The van der Waals surface area contributed by atoms with Gasteiger partial charge >= 0.3 is 0 Å². The molecule has 0 N–H and O–H groups in total. The SMILES string of the molecule is Cc1cn(C(C)C)n2c(C)cc(=O)nc12. The summed E-state index contributed by atoms with van der Waals surface area (Å²) in [5, 5.41) is 0. The minimum atomic E-state index is -0.169. The van der Waals surface area contributed by atoms with E-state index in [2.05, 4.69) is 23.5 Å². The van der Waals surface area contributed by atoms with Crippen molar-refractivity contribution < 1.29 is 0 Å². The monoisotopic (exact) mass is 205 g/mol. The van der Waals surface area contributed by atoms with E-state index >= 15 is 0 Å². The van der Waals surface area contributed by atoms with E-state index in [9.17, 15) is 4.79 Å². The lowest BCUT2D eigenvalue weighted by Crippen LogP contribution is -2.15. The van der Waals surface area contributed by atoms with Crippen molar-refractivity contribution in [2.24, 2.45) is 0 Å². The first-order valence-electron chi connectivity index (χ1n) is 5.09. The summed E-state index contributed by atoms with van der Waals surface area (Å²) in [6.07, 6.45) is 2.03. The lowest BCUT2D eigenvalue weighted by atomic mass is 10.3. The van der Waals surface area contributed by atoms with Crippen LogP contribution < -0.4 is 5.56 Å². The van der Waals surface area contributed by atoms with Gasteiger partial charge in [-0.25, -0.2) is 4.52 Å². The molecule has 0 aliphatic carbocycles. The van der Waals surface area contributed by atoms with Crippen LogP contribution in [-0.2, 0) is 0 Å². The zero-order chi connectivity index (χ0) is 11.2. The lowest BCUT2D eigenvalue weighted by molar-refractivity contribution is 0.496. The van der Waals surface area contributed by atoms with Crippen LogP contribution in [-0.4, -0.2) is 14.2 Å². The summed E-state index contributed by atoms with van der Waals surface area (Å²) in [4.78, 5) is 15.3. The summed E-state index contributed by atoms with van der Waals surface area (Å²) in [6, 6.07) is 1.91. The van der Waals surface area contributed by atoms with Gasteiger partial charge in [-0.05, 0) is 27.7 Å². The van der Waals surface area contributed by atoms with E-state index in [1.54, 1.807) is 6.07 Å². The lowest BCUT2D eigenvalue weighted by Gasteiger charge is -2.12. The first-order chi connectivity index (χ1) is 7.00. The fraction of sp³-hybridized carbons (Fsp3) is 0.455. The second-order valence-corrected chi connectivity index (χ2v) is 4.16. The minimum Gasteiger partial charge on any atom is -0.284 e. The number of rotatable bonds is 1. The number of nitrogens with zero attached hydrogens (tertiary/aromatic N) is 3. The van der Waals surface area contributed by atoms with Crippen LogP contribution in [0.2, 0.25) is 0 Å². The van der Waals surface area contributed by atoms with E-state index in [1.165, 1.54) is 0 Å². The normalized spacial score (nSPS) is 11.5. The third kappa shape index (κ3) is 1.46. The van der Waals surface area contributed by atoms with Crippen LogP contribution in [0.5, 0.6) is 0 Å². The largest absolute Gasteiger partial charge is 0.284 e. The summed E-state index contributed by atoms with van der Waals surface area (Å²) in [5.74, 6) is 0. The highest BCUT2D eigenvalue weighted by molar-refractivity contribution is 5.46. The summed E-state index contributed by atoms with van der Waals surface area (Å²) in [6.45, 7) is 8.11. The molecule has 0 aliphatic rings. The van der Waals surface area contributed by atoms with Gasteiger partial charge in [-0.3, -0.25) is 9.48 Å². The molecule has 0 amide bonds. The van der Waals surface area contributed by atoms with Gasteiger partial charge in [0.25, 0.3) is 5.56 Å². The van der Waals surface area contributed by atoms with Crippen molar-refractivity contribution >= 4 is 5.65 Å². The van der Waals surface area contributed by atoms with Crippen LogP contribution >= 0.6 is 0 Å². The molecule has 0 unspecified atom stereocenters. The third-order valence-electron chi connectivity index (χ3n) is 2.52. The van der Waals surface area contributed by atoms with Crippen LogP contribution in [0.15, 0.2) is 17.1 Å². The molecule has 2 aromatic heterocycles. The number of aromatic nitrogens is 3. The molecule has 0 saturated carbocycles. The molecule has 80 valence electrons. The highest BCUT2D eigenvalue weighted by Gasteiger charge is 2.10. The number of hydrogen-bond acceptors (Lipinski definition) is 2. The summed E-state index contributed by atoms with van der Waals surface area (Å²) in [5.41, 5.74) is 2.54. The molecule has 0 bridgehead atoms. The molecule has 2 aromatic rings. The molecule has 0 radical (unpaired) electrons. The van der Waals surface area contributed by atoms with Crippen LogP contribution in [0.25, 0.3) is 5.65 Å². The second kappa shape index (κ2) is 3.22. The van der Waals surface area contributed by atoms with Crippen LogP contribution in [0.1, 0.15) is 31.1 Å². The van der Waals surface area contributed by atoms with Crippen molar-refractivity contribution in [2.45, 2.75) is 33.7 Å². The van der Waals surface area contributed by atoms with Crippen molar-refractivity contribution in [3.63, 3.8) is 0 Å². The standard InChI is InChI=1S/C11H15N3O/c1-7(2)13-6-8(3)11-12-10(15)5-9(4)14(11)13/h5-7H,1-4H3. The molecule has 0 fully saturated rings. The Morgan fingerprint density at radius 1 is 1.33 bits per heavy atom. The van der Waals surface area contributed by atoms with Gasteiger partial charge in [0.1, 0.15) is 0 Å². The van der Waals surface area contributed by atoms with Crippen LogP contribution in [0.3, 0.4) is 0 Å². The maximum Gasteiger partial charge on any atom is 0.273 e. The number of fused-ring (bicyclic) bond motifs is 1. The average molecular weight is 205 g/mol. The van der Waals surface area contributed by atoms with E-state index < -0.39 is 0 Å². The quantitative estimate of drug-likeness (QED) is 0.710. The molecule has 0 atom stereocenters. The first kappa shape index (κ1) is 9.96. The Morgan fingerprint density at radius 3 is 2.60 bits per heavy atom. The summed E-state index contributed by atoms with van der Waals surface area (Å²) < 4.78 is 4.08. The Bertz CT molecular complexity index is 563. The Labute approximate surface area is 88.2 Å². The fourth-order valence-corrected chi connectivity index (χ4v) is 1.83. The molecular weight excluding hydrogens is 190 g/mol. The third-order valence-corrected chi connectivity index (χ3v) is 2.52. The minimum absolute atomic E-state index is 0.169. The van der Waals surface area contributed by atoms with E-state index in [-0.39, 0.29) is 5.56 Å². The second-order valence-electron chi connectivity index (χ2n) is 4.16. The van der Waals surface area contributed by atoms with E-state index in [0.717, 1.165) is 16.9 Å². The molecule has 15 heavy (non-hydrogen) atoms. The Balaban J connectivity index is 2.93.